The van der Waals surface area contributed by atoms with Crippen molar-refractivity contribution in [1.29, 1.82) is 0 Å². The Balaban J connectivity index is 1.52. The molecule has 0 bridgehead atoms. The van der Waals surface area contributed by atoms with Crippen LogP contribution in [0.4, 0.5) is 5.69 Å². The van der Waals surface area contributed by atoms with E-state index in [-0.39, 0.29) is 16.9 Å². The molecule has 0 radical (unpaired) electrons. The van der Waals surface area contributed by atoms with Crippen LogP contribution in [0.5, 0.6) is 11.5 Å². The summed E-state index contributed by atoms with van der Waals surface area (Å²) in [6.07, 6.45) is 0.980. The van der Waals surface area contributed by atoms with Gasteiger partial charge in [0.05, 0.1) is 36.6 Å². The molecule has 2 heterocycles. The van der Waals surface area contributed by atoms with Crippen molar-refractivity contribution >= 4 is 21.4 Å². The van der Waals surface area contributed by atoms with E-state index in [9.17, 15) is 8.42 Å². The number of sulfonamides is 1. The average Bonchev–Trinajstić information content (AvgIpc) is 2.91. The van der Waals surface area contributed by atoms with Crippen LogP contribution >= 0.6 is 0 Å². The summed E-state index contributed by atoms with van der Waals surface area (Å²) >= 11 is 0. The molecule has 0 unspecified atom stereocenters. The zero-order valence-corrected chi connectivity index (χ0v) is 22.7. The maximum Gasteiger partial charge on any atom is 0.264 e. The monoisotopic (exact) mass is 519 g/mol. The maximum atomic E-state index is 13.2. The maximum absolute atomic E-state index is 13.2. The molecule has 0 amide bonds. The highest BCUT2D eigenvalue weighted by molar-refractivity contribution is 7.92. The van der Waals surface area contributed by atoms with Gasteiger partial charge in [0.15, 0.2) is 11.5 Å². The fraction of sp³-hybridized carbons (Fsp3) is 0.345. The molecule has 3 aromatic rings. The molecule has 2 aliphatic rings. The van der Waals surface area contributed by atoms with Crippen molar-refractivity contribution in [1.82, 2.24) is 4.90 Å². The number of aliphatic imine (C=N–C) groups is 1. The molecule has 5 rings (SSSR count). The minimum absolute atomic E-state index is 0.182. The molecule has 37 heavy (non-hydrogen) atoms. The molecule has 0 spiro atoms. The van der Waals surface area contributed by atoms with E-state index in [1.165, 1.54) is 9.87 Å². The summed E-state index contributed by atoms with van der Waals surface area (Å²) < 4.78 is 38.9. The van der Waals surface area contributed by atoms with Crippen molar-refractivity contribution in [3.05, 3.63) is 82.9 Å². The van der Waals surface area contributed by atoms with Crippen LogP contribution in [0.3, 0.4) is 0 Å². The van der Waals surface area contributed by atoms with Gasteiger partial charge < -0.3 is 14.4 Å². The first kappa shape index (κ1) is 25.3. The summed E-state index contributed by atoms with van der Waals surface area (Å²) in [6, 6.07) is 18.8. The molecule has 3 aromatic carbocycles. The first-order chi connectivity index (χ1) is 17.7. The predicted octanol–water partition coefficient (Wildman–Crippen LogP) is 4.48. The molecule has 8 heteroatoms. The van der Waals surface area contributed by atoms with Crippen LogP contribution in [0, 0.1) is 6.92 Å². The Morgan fingerprint density at radius 3 is 2.27 bits per heavy atom. The lowest BCUT2D eigenvalue weighted by molar-refractivity contribution is 0.227. The van der Waals surface area contributed by atoms with Crippen LogP contribution in [0.15, 0.2) is 70.6 Å². The zero-order chi connectivity index (χ0) is 26.3. The van der Waals surface area contributed by atoms with E-state index >= 15 is 0 Å². The highest BCUT2D eigenvalue weighted by Gasteiger charge is 2.36. The minimum Gasteiger partial charge on any atom is -0.493 e. The summed E-state index contributed by atoms with van der Waals surface area (Å²) in [5.74, 6) is 1.66. The molecular weight excluding hydrogens is 486 g/mol. The second-order valence-corrected chi connectivity index (χ2v) is 11.8. The number of hydrogen-bond acceptors (Lipinski definition) is 6. The van der Waals surface area contributed by atoms with Crippen molar-refractivity contribution in [3.63, 3.8) is 0 Å². The van der Waals surface area contributed by atoms with Gasteiger partial charge in [0.2, 0.25) is 0 Å². The first-order valence-corrected chi connectivity index (χ1v) is 13.9. The van der Waals surface area contributed by atoms with Gasteiger partial charge in [0.25, 0.3) is 10.0 Å². The lowest BCUT2D eigenvalue weighted by Gasteiger charge is -2.39. The fourth-order valence-electron chi connectivity index (χ4n) is 5.27. The number of likely N-dealkylation sites (tertiary alicyclic amines) is 1. The van der Waals surface area contributed by atoms with E-state index in [2.05, 4.69) is 18.0 Å². The molecule has 2 aliphatic heterocycles. The molecule has 0 saturated carbocycles. The summed E-state index contributed by atoms with van der Waals surface area (Å²) in [4.78, 5) is 7.84. The Bertz CT molecular complexity index is 1430. The van der Waals surface area contributed by atoms with E-state index in [0.29, 0.717) is 17.2 Å². The van der Waals surface area contributed by atoms with Gasteiger partial charge >= 0.3 is 0 Å². The molecule has 2 atom stereocenters. The van der Waals surface area contributed by atoms with Gasteiger partial charge in [0.1, 0.15) is 0 Å². The van der Waals surface area contributed by atoms with Crippen LogP contribution in [-0.2, 0) is 10.0 Å². The third-order valence-electron chi connectivity index (χ3n) is 7.47. The molecule has 0 N–H and O–H groups in total. The summed E-state index contributed by atoms with van der Waals surface area (Å²) in [7, 11) is 3.36. The SMILES string of the molecule is COc1cc2c(cc1OC)[C@H]1CN(C)CC[C@H]1N=C2c1ccc(N(C)S(=O)(=O)c2ccc(C)cc2)cc1. The number of nitrogens with zero attached hydrogens (tertiary/aromatic N) is 3. The second kappa shape index (κ2) is 9.84. The fourth-order valence-corrected chi connectivity index (χ4v) is 6.47. The third kappa shape index (κ3) is 4.60. The Morgan fingerprint density at radius 1 is 0.973 bits per heavy atom. The summed E-state index contributed by atoms with van der Waals surface area (Å²) in [5, 5.41) is 0. The first-order valence-electron chi connectivity index (χ1n) is 12.4. The van der Waals surface area contributed by atoms with Crippen molar-refractivity contribution in [2.45, 2.75) is 30.2 Å². The van der Waals surface area contributed by atoms with Gasteiger partial charge in [-0.3, -0.25) is 9.30 Å². The zero-order valence-electron chi connectivity index (χ0n) is 21.9. The number of rotatable bonds is 6. The van der Waals surface area contributed by atoms with Crippen LogP contribution in [-0.4, -0.2) is 66.5 Å². The van der Waals surface area contributed by atoms with Crippen molar-refractivity contribution in [2.24, 2.45) is 4.99 Å². The van der Waals surface area contributed by atoms with Crippen LogP contribution in [0.1, 0.15) is 34.6 Å². The lowest BCUT2D eigenvalue weighted by Crippen LogP contribution is -2.41. The van der Waals surface area contributed by atoms with Crippen molar-refractivity contribution in [3.8, 4) is 11.5 Å². The largest absolute Gasteiger partial charge is 0.493 e. The van der Waals surface area contributed by atoms with Crippen LogP contribution in [0.2, 0.25) is 0 Å². The number of piperidine rings is 1. The van der Waals surface area contributed by atoms with Gasteiger partial charge in [-0.2, -0.15) is 0 Å². The Labute approximate surface area is 219 Å². The number of likely N-dealkylation sites (N-methyl/N-ethyl adjacent to an activating group) is 1. The Kier molecular flexibility index (Phi) is 6.72. The smallest absolute Gasteiger partial charge is 0.264 e. The minimum atomic E-state index is -3.66. The predicted molar refractivity (Wildman–Crippen MR) is 147 cm³/mol. The number of ether oxygens (including phenoxy) is 2. The third-order valence-corrected chi connectivity index (χ3v) is 9.27. The number of fused-ring (bicyclic) bond motifs is 3. The molecule has 0 aliphatic carbocycles. The Morgan fingerprint density at radius 2 is 1.62 bits per heavy atom. The standard InChI is InChI=1S/C29H33N3O4S/c1-19-6-12-22(13-7-19)37(33,34)32(3)21-10-8-20(9-11-21)29-24-17-28(36-5)27(35-4)16-23(24)25-18-31(2)15-14-26(25)30-29/h6-13,16-17,25-26H,14-15,18H2,1-5H3/t25-,26-/m1/s1. The van der Waals surface area contributed by atoms with E-state index < -0.39 is 10.0 Å². The summed E-state index contributed by atoms with van der Waals surface area (Å²) in [6.45, 7) is 3.87. The summed E-state index contributed by atoms with van der Waals surface area (Å²) in [5.41, 5.74) is 5.68. The highest BCUT2D eigenvalue weighted by Crippen LogP contribution is 2.42. The molecule has 7 nitrogen and oxygen atoms in total. The Hall–Kier alpha value is -3.36. The lowest BCUT2D eigenvalue weighted by atomic mass is 9.79. The van der Waals surface area contributed by atoms with Crippen LogP contribution < -0.4 is 13.8 Å². The molecule has 194 valence electrons. The molecule has 1 saturated heterocycles. The van der Waals surface area contributed by atoms with Gasteiger partial charge in [0, 0.05) is 30.6 Å². The van der Waals surface area contributed by atoms with E-state index in [4.69, 9.17) is 14.5 Å². The van der Waals surface area contributed by atoms with E-state index in [1.807, 2.05) is 49.4 Å². The number of anilines is 1. The van der Waals surface area contributed by atoms with Crippen molar-refractivity contribution < 1.29 is 17.9 Å². The van der Waals surface area contributed by atoms with Crippen molar-refractivity contribution in [2.75, 3.05) is 45.7 Å². The van der Waals surface area contributed by atoms with Gasteiger partial charge in [-0.1, -0.05) is 29.8 Å². The number of aryl methyl sites for hydroxylation is 1. The van der Waals surface area contributed by atoms with Gasteiger partial charge in [-0.05, 0) is 68.9 Å². The van der Waals surface area contributed by atoms with E-state index in [0.717, 1.165) is 41.9 Å². The highest BCUT2D eigenvalue weighted by atomic mass is 32.2. The average molecular weight is 520 g/mol. The number of hydrogen-bond donors (Lipinski definition) is 0. The second-order valence-electron chi connectivity index (χ2n) is 9.83. The van der Waals surface area contributed by atoms with Gasteiger partial charge in [-0.25, -0.2) is 8.42 Å². The topological polar surface area (TPSA) is 71.4 Å². The van der Waals surface area contributed by atoms with Gasteiger partial charge in [-0.15, -0.1) is 0 Å². The molecule has 0 aromatic heterocycles. The number of benzene rings is 3. The normalized spacial score (nSPS) is 19.4. The van der Waals surface area contributed by atoms with Crippen LogP contribution in [0.25, 0.3) is 0 Å². The number of methoxy groups -OCH3 is 2. The molecular formula is C29H33N3O4S. The van der Waals surface area contributed by atoms with E-state index in [1.54, 1.807) is 33.4 Å². The quantitative estimate of drug-likeness (QED) is 0.480. The molecule has 1 fully saturated rings.